The van der Waals surface area contributed by atoms with Crippen molar-refractivity contribution in [2.24, 2.45) is 5.92 Å². The van der Waals surface area contributed by atoms with Crippen molar-refractivity contribution in [1.82, 2.24) is 29.9 Å². The molecule has 1 fully saturated rings. The SMILES string of the molecule is Cc1ccncc1CNCC1CCCN(c2nccn3cnnc23)C1. The van der Waals surface area contributed by atoms with Gasteiger partial charge in [-0.2, -0.15) is 0 Å². The third-order valence-electron chi connectivity index (χ3n) is 4.91. The highest BCUT2D eigenvalue weighted by Crippen LogP contribution is 2.23. The molecule has 1 aliphatic heterocycles. The fourth-order valence-corrected chi connectivity index (χ4v) is 3.49. The first kappa shape index (κ1) is 16.0. The Morgan fingerprint density at radius 1 is 1.32 bits per heavy atom. The Bertz CT molecular complexity index is 844. The first-order valence-corrected chi connectivity index (χ1v) is 8.81. The van der Waals surface area contributed by atoms with Gasteiger partial charge in [-0.05, 0) is 49.4 Å². The maximum atomic E-state index is 4.55. The summed E-state index contributed by atoms with van der Waals surface area (Å²) in [6, 6.07) is 2.06. The smallest absolute Gasteiger partial charge is 0.203 e. The predicted octanol–water partition coefficient (Wildman–Crippen LogP) is 1.83. The average molecular weight is 337 g/mol. The van der Waals surface area contributed by atoms with E-state index in [2.05, 4.69) is 43.4 Å². The molecule has 0 aliphatic carbocycles. The predicted molar refractivity (Wildman–Crippen MR) is 96.4 cm³/mol. The standard InChI is InChI=1S/C18H23N7/c1-14-4-5-19-10-16(14)11-20-9-15-3-2-7-24(12-15)17-18-23-22-13-25(18)8-6-21-17/h4-6,8,10,13,15,20H,2-3,7,9,11-12H2,1H3. The molecular weight excluding hydrogens is 314 g/mol. The molecule has 4 heterocycles. The lowest BCUT2D eigenvalue weighted by molar-refractivity contribution is 0.390. The van der Waals surface area contributed by atoms with E-state index < -0.39 is 0 Å². The zero-order valence-electron chi connectivity index (χ0n) is 14.5. The van der Waals surface area contributed by atoms with Crippen LogP contribution >= 0.6 is 0 Å². The molecule has 0 amide bonds. The highest BCUT2D eigenvalue weighted by Gasteiger charge is 2.23. The van der Waals surface area contributed by atoms with Crippen LogP contribution in [0.5, 0.6) is 0 Å². The molecular formula is C18H23N7. The van der Waals surface area contributed by atoms with Crippen LogP contribution in [0.15, 0.2) is 37.2 Å². The number of hydrogen-bond donors (Lipinski definition) is 1. The highest BCUT2D eigenvalue weighted by atomic mass is 15.3. The normalized spacial score (nSPS) is 18.0. The Balaban J connectivity index is 1.38. The summed E-state index contributed by atoms with van der Waals surface area (Å²) >= 11 is 0. The molecule has 0 radical (unpaired) electrons. The minimum absolute atomic E-state index is 0.607. The van der Waals surface area contributed by atoms with E-state index in [1.165, 1.54) is 24.0 Å². The van der Waals surface area contributed by atoms with Gasteiger partial charge in [0.05, 0.1) is 0 Å². The number of aromatic nitrogens is 5. The number of hydrogen-bond acceptors (Lipinski definition) is 6. The largest absolute Gasteiger partial charge is 0.353 e. The summed E-state index contributed by atoms with van der Waals surface area (Å²) in [5.74, 6) is 1.54. The lowest BCUT2D eigenvalue weighted by Crippen LogP contribution is -2.40. The summed E-state index contributed by atoms with van der Waals surface area (Å²) in [4.78, 5) is 11.1. The molecule has 1 saturated heterocycles. The lowest BCUT2D eigenvalue weighted by atomic mass is 9.98. The van der Waals surface area contributed by atoms with Crippen LogP contribution < -0.4 is 10.2 Å². The van der Waals surface area contributed by atoms with E-state index in [0.29, 0.717) is 5.92 Å². The Labute approximate surface area is 147 Å². The summed E-state index contributed by atoms with van der Waals surface area (Å²) in [5, 5.41) is 11.8. The van der Waals surface area contributed by atoms with Crippen LogP contribution in [0.4, 0.5) is 5.82 Å². The zero-order chi connectivity index (χ0) is 17.1. The van der Waals surface area contributed by atoms with Crippen molar-refractivity contribution in [3.8, 4) is 0 Å². The monoisotopic (exact) mass is 337 g/mol. The van der Waals surface area contributed by atoms with Crippen molar-refractivity contribution in [1.29, 1.82) is 0 Å². The van der Waals surface area contributed by atoms with Crippen molar-refractivity contribution < 1.29 is 0 Å². The fourth-order valence-electron chi connectivity index (χ4n) is 3.49. The zero-order valence-corrected chi connectivity index (χ0v) is 14.5. The number of piperidine rings is 1. The van der Waals surface area contributed by atoms with Crippen LogP contribution in [0, 0.1) is 12.8 Å². The Hall–Kier alpha value is -2.54. The van der Waals surface area contributed by atoms with E-state index in [4.69, 9.17) is 0 Å². The summed E-state index contributed by atoms with van der Waals surface area (Å²) in [6.07, 6.45) is 11.6. The molecule has 7 heteroatoms. The molecule has 1 unspecified atom stereocenters. The molecule has 1 N–H and O–H groups in total. The Kier molecular flexibility index (Phi) is 4.56. The van der Waals surface area contributed by atoms with Crippen molar-refractivity contribution in [2.45, 2.75) is 26.3 Å². The molecule has 1 aliphatic rings. The molecule has 0 spiro atoms. The molecule has 7 nitrogen and oxygen atoms in total. The minimum Gasteiger partial charge on any atom is -0.353 e. The van der Waals surface area contributed by atoms with Crippen molar-refractivity contribution in [2.75, 3.05) is 24.5 Å². The van der Waals surface area contributed by atoms with E-state index in [0.717, 1.165) is 37.6 Å². The molecule has 25 heavy (non-hydrogen) atoms. The second kappa shape index (κ2) is 7.14. The molecule has 3 aromatic rings. The number of aryl methyl sites for hydroxylation is 1. The number of fused-ring (bicyclic) bond motifs is 1. The summed E-state index contributed by atoms with van der Waals surface area (Å²) in [6.45, 7) is 6.02. The first-order valence-electron chi connectivity index (χ1n) is 8.81. The van der Waals surface area contributed by atoms with Crippen molar-refractivity contribution in [3.05, 3.63) is 48.3 Å². The minimum atomic E-state index is 0.607. The number of nitrogens with zero attached hydrogens (tertiary/aromatic N) is 6. The molecule has 4 rings (SSSR count). The Morgan fingerprint density at radius 2 is 2.28 bits per heavy atom. The lowest BCUT2D eigenvalue weighted by Gasteiger charge is -2.33. The Morgan fingerprint density at radius 3 is 3.20 bits per heavy atom. The average Bonchev–Trinajstić information content (AvgIpc) is 3.12. The van der Waals surface area contributed by atoms with Gasteiger partial charge in [-0.25, -0.2) is 4.98 Å². The van der Waals surface area contributed by atoms with Gasteiger partial charge in [0.2, 0.25) is 5.65 Å². The fraction of sp³-hybridized carbons (Fsp3) is 0.444. The van der Waals surface area contributed by atoms with Gasteiger partial charge in [0, 0.05) is 44.4 Å². The van der Waals surface area contributed by atoms with Crippen LogP contribution in [0.3, 0.4) is 0 Å². The maximum absolute atomic E-state index is 4.55. The van der Waals surface area contributed by atoms with Crippen molar-refractivity contribution >= 4 is 11.5 Å². The second-order valence-corrected chi connectivity index (χ2v) is 6.70. The van der Waals surface area contributed by atoms with Gasteiger partial charge < -0.3 is 10.2 Å². The molecule has 0 bridgehead atoms. The number of nitrogens with one attached hydrogen (secondary N) is 1. The van der Waals surface area contributed by atoms with Crippen LogP contribution in [-0.2, 0) is 6.54 Å². The van der Waals surface area contributed by atoms with Crippen LogP contribution in [0.25, 0.3) is 5.65 Å². The first-order chi connectivity index (χ1) is 12.3. The van der Waals surface area contributed by atoms with E-state index in [1.807, 2.05) is 29.2 Å². The third kappa shape index (κ3) is 3.46. The number of pyridine rings is 1. The summed E-state index contributed by atoms with van der Waals surface area (Å²) < 4.78 is 1.93. The summed E-state index contributed by atoms with van der Waals surface area (Å²) in [7, 11) is 0. The van der Waals surface area contributed by atoms with Crippen molar-refractivity contribution in [3.63, 3.8) is 0 Å². The van der Waals surface area contributed by atoms with Gasteiger partial charge in [-0.15, -0.1) is 10.2 Å². The van der Waals surface area contributed by atoms with Crippen LogP contribution in [0.1, 0.15) is 24.0 Å². The molecule has 3 aromatic heterocycles. The third-order valence-corrected chi connectivity index (χ3v) is 4.91. The molecule has 130 valence electrons. The maximum Gasteiger partial charge on any atom is 0.203 e. The van der Waals surface area contributed by atoms with Crippen LogP contribution in [0.2, 0.25) is 0 Å². The van der Waals surface area contributed by atoms with E-state index in [1.54, 1.807) is 6.33 Å². The van der Waals surface area contributed by atoms with Gasteiger partial charge in [0.15, 0.2) is 5.82 Å². The van der Waals surface area contributed by atoms with E-state index >= 15 is 0 Å². The highest BCUT2D eigenvalue weighted by molar-refractivity contribution is 5.63. The number of rotatable bonds is 5. The number of anilines is 1. The van der Waals surface area contributed by atoms with E-state index in [-0.39, 0.29) is 0 Å². The topological polar surface area (TPSA) is 71.2 Å². The van der Waals surface area contributed by atoms with Crippen LogP contribution in [-0.4, -0.2) is 44.2 Å². The van der Waals surface area contributed by atoms with Gasteiger partial charge in [-0.3, -0.25) is 9.38 Å². The molecule has 0 saturated carbocycles. The second-order valence-electron chi connectivity index (χ2n) is 6.70. The van der Waals surface area contributed by atoms with Gasteiger partial charge >= 0.3 is 0 Å². The quantitative estimate of drug-likeness (QED) is 0.766. The van der Waals surface area contributed by atoms with E-state index in [9.17, 15) is 0 Å². The van der Waals surface area contributed by atoms with Gasteiger partial charge in [0.25, 0.3) is 0 Å². The van der Waals surface area contributed by atoms with Gasteiger partial charge in [-0.1, -0.05) is 0 Å². The van der Waals surface area contributed by atoms with Gasteiger partial charge in [0.1, 0.15) is 6.33 Å². The molecule has 0 aromatic carbocycles. The molecule has 1 atom stereocenters. The summed E-state index contributed by atoms with van der Waals surface area (Å²) in [5.41, 5.74) is 3.39.